The highest BCUT2D eigenvalue weighted by Gasteiger charge is 2.51. The number of methoxy groups -OCH3 is 1. The second-order valence-corrected chi connectivity index (χ2v) is 5.22. The fourth-order valence-electron chi connectivity index (χ4n) is 1.72. The summed E-state index contributed by atoms with van der Waals surface area (Å²) in [5.74, 6) is -0.638. The highest BCUT2D eigenvalue weighted by molar-refractivity contribution is 6.41. The van der Waals surface area contributed by atoms with Crippen LogP contribution in [0.1, 0.15) is 23.2 Å². The molecule has 7 heteroatoms. The summed E-state index contributed by atoms with van der Waals surface area (Å²) in [6.45, 7) is 0.249. The van der Waals surface area contributed by atoms with E-state index in [2.05, 4.69) is 10.3 Å². The molecule has 0 bridgehead atoms. The minimum atomic E-state index is -0.561. The van der Waals surface area contributed by atoms with Gasteiger partial charge in [-0.1, -0.05) is 23.2 Å². The van der Waals surface area contributed by atoms with Gasteiger partial charge in [-0.3, -0.25) is 9.59 Å². The van der Waals surface area contributed by atoms with E-state index in [1.54, 1.807) is 0 Å². The Kier molecular flexibility index (Phi) is 3.96. The Morgan fingerprint density at radius 2 is 2.16 bits per heavy atom. The number of amides is 1. The molecule has 2 rings (SSSR count). The number of hydrogen-bond donors (Lipinski definition) is 1. The third-order valence-electron chi connectivity index (χ3n) is 3.12. The molecule has 0 aromatic carbocycles. The zero-order chi connectivity index (χ0) is 14.0. The summed E-state index contributed by atoms with van der Waals surface area (Å²) in [6.07, 6.45) is 2.78. The van der Waals surface area contributed by atoms with Crippen molar-refractivity contribution in [1.29, 1.82) is 0 Å². The van der Waals surface area contributed by atoms with Crippen molar-refractivity contribution in [2.24, 2.45) is 5.41 Å². The van der Waals surface area contributed by atoms with Crippen LogP contribution >= 0.6 is 23.2 Å². The van der Waals surface area contributed by atoms with Gasteiger partial charge in [0.25, 0.3) is 5.91 Å². The Balaban J connectivity index is 1.98. The van der Waals surface area contributed by atoms with E-state index in [1.165, 1.54) is 19.4 Å². The average molecular weight is 303 g/mol. The molecule has 1 fully saturated rings. The third-order valence-corrected chi connectivity index (χ3v) is 3.80. The topological polar surface area (TPSA) is 68.3 Å². The smallest absolute Gasteiger partial charge is 0.313 e. The van der Waals surface area contributed by atoms with Gasteiger partial charge in [-0.15, -0.1) is 0 Å². The Hall–Kier alpha value is -1.33. The molecule has 102 valence electrons. The maximum absolute atomic E-state index is 11.9. The van der Waals surface area contributed by atoms with Gasteiger partial charge in [0.1, 0.15) is 5.15 Å². The molecule has 1 aromatic heterocycles. The molecule has 1 aromatic rings. The molecule has 1 heterocycles. The van der Waals surface area contributed by atoms with Crippen LogP contribution in [0.3, 0.4) is 0 Å². The van der Waals surface area contributed by atoms with E-state index in [4.69, 9.17) is 27.9 Å². The van der Waals surface area contributed by atoms with Crippen LogP contribution in [0.2, 0.25) is 10.2 Å². The van der Waals surface area contributed by atoms with Crippen LogP contribution in [-0.4, -0.2) is 30.5 Å². The second kappa shape index (κ2) is 5.35. The van der Waals surface area contributed by atoms with Gasteiger partial charge in [0.15, 0.2) is 0 Å². The van der Waals surface area contributed by atoms with Crippen LogP contribution in [0, 0.1) is 5.41 Å². The van der Waals surface area contributed by atoms with Crippen molar-refractivity contribution < 1.29 is 14.3 Å². The molecule has 0 aliphatic heterocycles. The van der Waals surface area contributed by atoms with Gasteiger partial charge < -0.3 is 10.1 Å². The number of pyridine rings is 1. The fraction of sp³-hybridized carbons (Fsp3) is 0.417. The molecule has 1 N–H and O–H groups in total. The summed E-state index contributed by atoms with van der Waals surface area (Å²) >= 11 is 11.5. The Morgan fingerprint density at radius 1 is 1.47 bits per heavy atom. The number of aromatic nitrogens is 1. The minimum absolute atomic E-state index is 0.145. The number of halogens is 2. The van der Waals surface area contributed by atoms with E-state index >= 15 is 0 Å². The summed E-state index contributed by atoms with van der Waals surface area (Å²) in [5.41, 5.74) is -0.260. The van der Waals surface area contributed by atoms with Gasteiger partial charge in [-0.2, -0.15) is 0 Å². The van der Waals surface area contributed by atoms with E-state index < -0.39 is 5.41 Å². The molecule has 1 aliphatic rings. The SMILES string of the molecule is COC(=O)C1(CNC(=O)c2cnc(Cl)c(Cl)c2)CC1. The highest BCUT2D eigenvalue weighted by atomic mass is 35.5. The zero-order valence-corrected chi connectivity index (χ0v) is 11.7. The first-order chi connectivity index (χ1) is 8.98. The third kappa shape index (κ3) is 2.98. The molecule has 1 aliphatic carbocycles. The lowest BCUT2D eigenvalue weighted by molar-refractivity contribution is -0.146. The number of esters is 1. The van der Waals surface area contributed by atoms with Crippen molar-refractivity contribution in [3.63, 3.8) is 0 Å². The number of carbonyl (C=O) groups is 2. The zero-order valence-electron chi connectivity index (χ0n) is 10.2. The highest BCUT2D eigenvalue weighted by Crippen LogP contribution is 2.46. The quantitative estimate of drug-likeness (QED) is 0.683. The number of nitrogens with zero attached hydrogens (tertiary/aromatic N) is 1. The number of ether oxygens (including phenoxy) is 1. The molecule has 0 spiro atoms. The second-order valence-electron chi connectivity index (χ2n) is 4.45. The first kappa shape index (κ1) is 14.1. The lowest BCUT2D eigenvalue weighted by Gasteiger charge is -2.13. The molecule has 19 heavy (non-hydrogen) atoms. The van der Waals surface area contributed by atoms with Crippen molar-refractivity contribution in [3.05, 3.63) is 28.0 Å². The minimum Gasteiger partial charge on any atom is -0.469 e. The van der Waals surface area contributed by atoms with Crippen LogP contribution < -0.4 is 5.32 Å². The van der Waals surface area contributed by atoms with E-state index in [9.17, 15) is 9.59 Å². The maximum atomic E-state index is 11.9. The van der Waals surface area contributed by atoms with Crippen molar-refractivity contribution >= 4 is 35.1 Å². The predicted molar refractivity (Wildman–Crippen MR) is 70.3 cm³/mol. The van der Waals surface area contributed by atoms with Gasteiger partial charge in [-0.05, 0) is 18.9 Å². The van der Waals surface area contributed by atoms with Gasteiger partial charge >= 0.3 is 5.97 Å². The number of rotatable bonds is 4. The molecule has 0 atom stereocenters. The van der Waals surface area contributed by atoms with Crippen molar-refractivity contribution in [2.45, 2.75) is 12.8 Å². The summed E-state index contributed by atoms with van der Waals surface area (Å²) in [5, 5.41) is 3.04. The van der Waals surface area contributed by atoms with Gasteiger partial charge in [0, 0.05) is 12.7 Å². The predicted octanol–water partition coefficient (Wildman–Crippen LogP) is 2.07. The Labute approximate surface area is 120 Å². The molecular weight excluding hydrogens is 291 g/mol. The fourth-order valence-corrected chi connectivity index (χ4v) is 1.99. The molecule has 1 saturated carbocycles. The largest absolute Gasteiger partial charge is 0.469 e. The monoisotopic (exact) mass is 302 g/mol. The maximum Gasteiger partial charge on any atom is 0.313 e. The first-order valence-electron chi connectivity index (χ1n) is 5.66. The van der Waals surface area contributed by atoms with Crippen LogP contribution in [0.4, 0.5) is 0 Å². The van der Waals surface area contributed by atoms with E-state index in [1.807, 2.05) is 0 Å². The van der Waals surface area contributed by atoms with Crippen LogP contribution in [0.5, 0.6) is 0 Å². The van der Waals surface area contributed by atoms with Gasteiger partial charge in [0.2, 0.25) is 0 Å². The first-order valence-corrected chi connectivity index (χ1v) is 6.42. The van der Waals surface area contributed by atoms with E-state index in [-0.39, 0.29) is 28.6 Å². The number of hydrogen-bond acceptors (Lipinski definition) is 4. The Morgan fingerprint density at radius 3 is 2.68 bits per heavy atom. The standard InChI is InChI=1S/C12H12Cl2N2O3/c1-19-11(18)12(2-3-12)6-16-10(17)7-4-8(13)9(14)15-5-7/h4-5H,2-3,6H2,1H3,(H,16,17). The summed E-state index contributed by atoms with van der Waals surface area (Å²) in [4.78, 5) is 27.2. The lowest BCUT2D eigenvalue weighted by atomic mass is 10.1. The van der Waals surface area contributed by atoms with Crippen LogP contribution in [-0.2, 0) is 9.53 Å². The lowest BCUT2D eigenvalue weighted by Crippen LogP contribution is -2.34. The number of carbonyl (C=O) groups excluding carboxylic acids is 2. The average Bonchev–Trinajstić information content (AvgIpc) is 3.19. The summed E-state index contributed by atoms with van der Waals surface area (Å²) < 4.78 is 4.71. The van der Waals surface area contributed by atoms with E-state index in [0.29, 0.717) is 5.56 Å². The Bertz CT molecular complexity index is 530. The molecule has 0 unspecified atom stereocenters. The molecular formula is C12H12Cl2N2O3. The van der Waals surface area contributed by atoms with E-state index in [0.717, 1.165) is 12.8 Å². The normalized spacial score (nSPS) is 15.7. The van der Waals surface area contributed by atoms with Gasteiger partial charge in [-0.25, -0.2) is 4.98 Å². The summed E-state index contributed by atoms with van der Waals surface area (Å²) in [7, 11) is 1.34. The number of nitrogens with one attached hydrogen (secondary N) is 1. The molecule has 5 nitrogen and oxygen atoms in total. The van der Waals surface area contributed by atoms with Gasteiger partial charge in [0.05, 0.1) is 23.1 Å². The molecule has 1 amide bonds. The summed E-state index contributed by atoms with van der Waals surface area (Å²) in [6, 6.07) is 1.43. The van der Waals surface area contributed by atoms with Crippen LogP contribution in [0.15, 0.2) is 12.3 Å². The van der Waals surface area contributed by atoms with Crippen LogP contribution in [0.25, 0.3) is 0 Å². The van der Waals surface area contributed by atoms with Crippen molar-refractivity contribution in [3.8, 4) is 0 Å². The molecule has 0 radical (unpaired) electrons. The molecule has 0 saturated heterocycles. The van der Waals surface area contributed by atoms with Crippen molar-refractivity contribution in [1.82, 2.24) is 10.3 Å². The van der Waals surface area contributed by atoms with Crippen molar-refractivity contribution in [2.75, 3.05) is 13.7 Å².